The Labute approximate surface area is 110 Å². The Morgan fingerprint density at radius 3 is 2.78 bits per heavy atom. The van der Waals surface area contributed by atoms with Crippen molar-refractivity contribution in [1.82, 2.24) is 10.2 Å². The molecule has 3 unspecified atom stereocenters. The average Bonchev–Trinajstić information content (AvgIpc) is 2.71. The number of carbonyl (C=O) groups excluding carboxylic acids is 1. The van der Waals surface area contributed by atoms with E-state index in [0.717, 1.165) is 25.4 Å². The standard InChI is InChI=1S/C15H26N2O/c18-15(13-8-2-1-3-10-16-13)17-11-5-7-12-6-4-9-14(12)17/h12-14,16H,1-11H2. The van der Waals surface area contributed by atoms with Gasteiger partial charge in [0.2, 0.25) is 5.91 Å². The van der Waals surface area contributed by atoms with Gasteiger partial charge in [-0.25, -0.2) is 0 Å². The van der Waals surface area contributed by atoms with E-state index in [1.54, 1.807) is 0 Å². The number of amides is 1. The van der Waals surface area contributed by atoms with Crippen molar-refractivity contribution < 1.29 is 4.79 Å². The van der Waals surface area contributed by atoms with Crippen LogP contribution in [0.4, 0.5) is 0 Å². The number of fused-ring (bicyclic) bond motifs is 1. The lowest BCUT2D eigenvalue weighted by atomic mass is 9.91. The summed E-state index contributed by atoms with van der Waals surface area (Å²) >= 11 is 0. The fourth-order valence-corrected chi connectivity index (χ4v) is 4.17. The number of rotatable bonds is 1. The van der Waals surface area contributed by atoms with Gasteiger partial charge in [-0.05, 0) is 51.0 Å². The van der Waals surface area contributed by atoms with Crippen LogP contribution in [-0.4, -0.2) is 36.0 Å². The van der Waals surface area contributed by atoms with Crippen LogP contribution in [0.3, 0.4) is 0 Å². The number of hydrogen-bond acceptors (Lipinski definition) is 2. The Bertz CT molecular complexity index is 297. The van der Waals surface area contributed by atoms with Crippen LogP contribution in [0.1, 0.15) is 57.8 Å². The minimum Gasteiger partial charge on any atom is -0.338 e. The summed E-state index contributed by atoms with van der Waals surface area (Å²) in [5, 5.41) is 3.47. The van der Waals surface area contributed by atoms with Gasteiger partial charge in [-0.15, -0.1) is 0 Å². The van der Waals surface area contributed by atoms with Gasteiger partial charge in [0.25, 0.3) is 0 Å². The van der Waals surface area contributed by atoms with Crippen molar-refractivity contribution >= 4 is 5.91 Å². The number of piperidine rings is 1. The van der Waals surface area contributed by atoms with Gasteiger partial charge in [-0.3, -0.25) is 4.79 Å². The van der Waals surface area contributed by atoms with Crippen LogP contribution >= 0.6 is 0 Å². The molecule has 1 amide bonds. The molecule has 3 nitrogen and oxygen atoms in total. The van der Waals surface area contributed by atoms with Gasteiger partial charge in [0.05, 0.1) is 6.04 Å². The quantitative estimate of drug-likeness (QED) is 0.774. The van der Waals surface area contributed by atoms with E-state index in [1.165, 1.54) is 51.4 Å². The Kier molecular flexibility index (Phi) is 3.88. The third-order valence-electron chi connectivity index (χ3n) is 5.13. The Hall–Kier alpha value is -0.570. The molecule has 3 atom stereocenters. The first-order valence-electron chi connectivity index (χ1n) is 7.90. The van der Waals surface area contributed by atoms with E-state index in [1.807, 2.05) is 0 Å². The van der Waals surface area contributed by atoms with E-state index in [4.69, 9.17) is 0 Å². The second-order valence-corrected chi connectivity index (χ2v) is 6.29. The summed E-state index contributed by atoms with van der Waals surface area (Å²) < 4.78 is 0. The van der Waals surface area contributed by atoms with Crippen molar-refractivity contribution in [3.8, 4) is 0 Å². The first-order valence-corrected chi connectivity index (χ1v) is 7.90. The molecule has 1 aliphatic carbocycles. The van der Waals surface area contributed by atoms with Crippen LogP contribution in [0, 0.1) is 5.92 Å². The zero-order valence-corrected chi connectivity index (χ0v) is 11.4. The molecular formula is C15H26N2O. The fraction of sp³-hybridized carbons (Fsp3) is 0.933. The molecule has 3 heteroatoms. The molecule has 3 rings (SSSR count). The van der Waals surface area contributed by atoms with Crippen LogP contribution in [0.5, 0.6) is 0 Å². The summed E-state index contributed by atoms with van der Waals surface area (Å²) in [6, 6.07) is 0.697. The van der Waals surface area contributed by atoms with Crippen LogP contribution < -0.4 is 5.32 Å². The third-order valence-corrected chi connectivity index (χ3v) is 5.13. The Balaban J connectivity index is 1.66. The largest absolute Gasteiger partial charge is 0.338 e. The summed E-state index contributed by atoms with van der Waals surface area (Å²) in [6.07, 6.45) is 11.3. The Morgan fingerprint density at radius 2 is 1.83 bits per heavy atom. The highest BCUT2D eigenvalue weighted by Crippen LogP contribution is 2.37. The van der Waals surface area contributed by atoms with Crippen molar-refractivity contribution in [2.24, 2.45) is 5.92 Å². The molecule has 2 heterocycles. The normalized spacial score (nSPS) is 37.1. The molecule has 0 spiro atoms. The molecule has 102 valence electrons. The minimum absolute atomic E-state index is 0.117. The highest BCUT2D eigenvalue weighted by Gasteiger charge is 2.39. The first-order chi connectivity index (χ1) is 8.86. The monoisotopic (exact) mass is 250 g/mol. The predicted octanol–water partition coefficient (Wildman–Crippen LogP) is 2.31. The van der Waals surface area contributed by atoms with Gasteiger partial charge in [0.1, 0.15) is 0 Å². The second-order valence-electron chi connectivity index (χ2n) is 6.29. The smallest absolute Gasteiger partial charge is 0.239 e. The lowest BCUT2D eigenvalue weighted by molar-refractivity contribution is -0.138. The van der Waals surface area contributed by atoms with Crippen molar-refractivity contribution in [1.29, 1.82) is 0 Å². The summed E-state index contributed by atoms with van der Waals surface area (Å²) in [5.41, 5.74) is 0. The van der Waals surface area contributed by atoms with Crippen LogP contribution in [0.15, 0.2) is 0 Å². The molecule has 0 aromatic rings. The molecule has 2 saturated heterocycles. The van der Waals surface area contributed by atoms with Gasteiger partial charge in [-0.1, -0.05) is 19.3 Å². The van der Waals surface area contributed by atoms with Crippen molar-refractivity contribution in [2.45, 2.75) is 69.9 Å². The van der Waals surface area contributed by atoms with E-state index in [0.29, 0.717) is 11.9 Å². The molecule has 0 aromatic carbocycles. The van der Waals surface area contributed by atoms with Gasteiger partial charge in [-0.2, -0.15) is 0 Å². The van der Waals surface area contributed by atoms with E-state index in [-0.39, 0.29) is 6.04 Å². The molecular weight excluding hydrogens is 224 g/mol. The molecule has 3 aliphatic rings. The number of nitrogens with zero attached hydrogens (tertiary/aromatic N) is 1. The van der Waals surface area contributed by atoms with Crippen molar-refractivity contribution in [2.75, 3.05) is 13.1 Å². The maximum absolute atomic E-state index is 12.7. The van der Waals surface area contributed by atoms with E-state index in [9.17, 15) is 4.79 Å². The maximum Gasteiger partial charge on any atom is 0.239 e. The molecule has 18 heavy (non-hydrogen) atoms. The molecule has 0 aromatic heterocycles. The van der Waals surface area contributed by atoms with E-state index >= 15 is 0 Å². The van der Waals surface area contributed by atoms with Crippen LogP contribution in [0.2, 0.25) is 0 Å². The average molecular weight is 250 g/mol. The van der Waals surface area contributed by atoms with E-state index in [2.05, 4.69) is 10.2 Å². The molecule has 0 bridgehead atoms. The van der Waals surface area contributed by atoms with Gasteiger partial charge < -0.3 is 10.2 Å². The predicted molar refractivity (Wildman–Crippen MR) is 72.3 cm³/mol. The van der Waals surface area contributed by atoms with Crippen LogP contribution in [-0.2, 0) is 4.79 Å². The minimum atomic E-state index is 0.117. The molecule has 0 radical (unpaired) electrons. The molecule has 3 fully saturated rings. The maximum atomic E-state index is 12.7. The third kappa shape index (κ3) is 2.42. The first kappa shape index (κ1) is 12.5. The summed E-state index contributed by atoms with van der Waals surface area (Å²) in [4.78, 5) is 15.0. The summed E-state index contributed by atoms with van der Waals surface area (Å²) in [5.74, 6) is 1.22. The topological polar surface area (TPSA) is 32.3 Å². The van der Waals surface area contributed by atoms with E-state index < -0.39 is 0 Å². The SMILES string of the molecule is O=C(C1CCCCCN1)N1CCCC2CCCC21. The fourth-order valence-electron chi connectivity index (χ4n) is 4.17. The number of carbonyl (C=O) groups is 1. The molecule has 1 N–H and O–H groups in total. The number of hydrogen-bond donors (Lipinski definition) is 1. The summed E-state index contributed by atoms with van der Waals surface area (Å²) in [6.45, 7) is 2.04. The second kappa shape index (κ2) is 5.60. The molecule has 2 aliphatic heterocycles. The zero-order valence-electron chi connectivity index (χ0n) is 11.4. The zero-order chi connectivity index (χ0) is 12.4. The highest BCUT2D eigenvalue weighted by molar-refractivity contribution is 5.82. The molecule has 1 saturated carbocycles. The lowest BCUT2D eigenvalue weighted by Gasteiger charge is -2.39. The van der Waals surface area contributed by atoms with Crippen molar-refractivity contribution in [3.63, 3.8) is 0 Å². The highest BCUT2D eigenvalue weighted by atomic mass is 16.2. The van der Waals surface area contributed by atoms with Crippen LogP contribution in [0.25, 0.3) is 0 Å². The van der Waals surface area contributed by atoms with Gasteiger partial charge in [0.15, 0.2) is 0 Å². The summed E-state index contributed by atoms with van der Waals surface area (Å²) in [7, 11) is 0. The van der Waals surface area contributed by atoms with Gasteiger partial charge >= 0.3 is 0 Å². The lowest BCUT2D eigenvalue weighted by Crippen LogP contribution is -2.53. The number of likely N-dealkylation sites (tertiary alicyclic amines) is 1. The van der Waals surface area contributed by atoms with Crippen molar-refractivity contribution in [3.05, 3.63) is 0 Å². The number of nitrogens with one attached hydrogen (secondary N) is 1. The Morgan fingerprint density at radius 1 is 0.944 bits per heavy atom. The van der Waals surface area contributed by atoms with Gasteiger partial charge in [0, 0.05) is 12.6 Å².